The summed E-state index contributed by atoms with van der Waals surface area (Å²) in [5.74, 6) is -0.712. The van der Waals surface area contributed by atoms with Gasteiger partial charge in [0.1, 0.15) is 5.82 Å². The van der Waals surface area contributed by atoms with Crippen LogP contribution in [0.15, 0.2) is 29.6 Å². The predicted molar refractivity (Wildman–Crippen MR) is 72.2 cm³/mol. The van der Waals surface area contributed by atoms with Gasteiger partial charge in [-0.2, -0.15) is 0 Å². The Labute approximate surface area is 113 Å². The molecule has 0 aromatic carbocycles. The fourth-order valence-corrected chi connectivity index (χ4v) is 2.29. The van der Waals surface area contributed by atoms with Gasteiger partial charge in [-0.3, -0.25) is 9.78 Å². The third-order valence-corrected chi connectivity index (χ3v) is 3.82. The summed E-state index contributed by atoms with van der Waals surface area (Å²) in [4.78, 5) is 18.1. The molecule has 3 nitrogen and oxygen atoms in total. The Morgan fingerprint density at radius 1 is 1.37 bits per heavy atom. The summed E-state index contributed by atoms with van der Waals surface area (Å²) in [5, 5.41) is 0. The zero-order valence-corrected chi connectivity index (χ0v) is 11.6. The van der Waals surface area contributed by atoms with Gasteiger partial charge in [0.15, 0.2) is 0 Å². The van der Waals surface area contributed by atoms with Gasteiger partial charge in [-0.1, -0.05) is 11.1 Å². The maximum Gasteiger partial charge on any atom is 0.230 e. The molecule has 0 radical (unpaired) electrons. The molecule has 1 aliphatic heterocycles. The highest BCUT2D eigenvalue weighted by Crippen LogP contribution is 2.23. The van der Waals surface area contributed by atoms with Gasteiger partial charge < -0.3 is 4.90 Å². The third kappa shape index (κ3) is 3.00. The summed E-state index contributed by atoms with van der Waals surface area (Å²) < 4.78 is 13.2. The molecule has 1 aromatic rings. The summed E-state index contributed by atoms with van der Waals surface area (Å²) in [6.07, 6.45) is 3.63. The van der Waals surface area contributed by atoms with Crippen molar-refractivity contribution in [1.82, 2.24) is 9.88 Å². The second-order valence-electron chi connectivity index (χ2n) is 5.23. The molecule has 0 bridgehead atoms. The lowest BCUT2D eigenvalue weighted by molar-refractivity contribution is -0.132. The lowest BCUT2D eigenvalue weighted by Gasteiger charge is -2.31. The minimum Gasteiger partial charge on any atom is -0.338 e. The number of carbonyl (C=O) groups excluding carboxylic acids is 1. The maximum absolute atomic E-state index is 13.2. The number of hydrogen-bond donors (Lipinski definition) is 0. The van der Waals surface area contributed by atoms with Crippen LogP contribution in [-0.2, 0) is 4.79 Å². The Hall–Kier alpha value is -1.71. The molecular formula is C15H19FN2O. The Kier molecular flexibility index (Phi) is 3.98. The summed E-state index contributed by atoms with van der Waals surface area (Å²) in [5.41, 5.74) is 3.25. The Bertz CT molecular complexity index is 525. The average Bonchev–Trinajstić information content (AvgIpc) is 2.40. The van der Waals surface area contributed by atoms with Gasteiger partial charge in [0, 0.05) is 19.3 Å². The first-order valence-electron chi connectivity index (χ1n) is 6.53. The van der Waals surface area contributed by atoms with Crippen LogP contribution >= 0.6 is 0 Å². The van der Waals surface area contributed by atoms with Gasteiger partial charge in [-0.25, -0.2) is 4.39 Å². The first-order chi connectivity index (χ1) is 8.99. The second-order valence-corrected chi connectivity index (χ2v) is 5.23. The van der Waals surface area contributed by atoms with E-state index < -0.39 is 5.82 Å². The fourth-order valence-electron chi connectivity index (χ4n) is 2.29. The topological polar surface area (TPSA) is 33.2 Å². The van der Waals surface area contributed by atoms with Crippen molar-refractivity contribution in [3.05, 3.63) is 41.0 Å². The molecule has 102 valence electrons. The summed E-state index contributed by atoms with van der Waals surface area (Å²) in [7, 11) is 0. The van der Waals surface area contributed by atoms with Crippen LogP contribution < -0.4 is 0 Å². The number of aromatic nitrogens is 1. The molecule has 0 spiro atoms. The molecule has 0 fully saturated rings. The molecule has 0 saturated heterocycles. The van der Waals surface area contributed by atoms with Crippen molar-refractivity contribution in [3.63, 3.8) is 0 Å². The van der Waals surface area contributed by atoms with E-state index in [9.17, 15) is 9.18 Å². The van der Waals surface area contributed by atoms with Crippen molar-refractivity contribution in [2.24, 2.45) is 0 Å². The average molecular weight is 262 g/mol. The molecule has 1 amide bonds. The van der Waals surface area contributed by atoms with Crippen LogP contribution in [-0.4, -0.2) is 28.9 Å². The number of nitrogens with zero attached hydrogens (tertiary/aromatic N) is 2. The molecule has 2 rings (SSSR count). The highest BCUT2D eigenvalue weighted by atomic mass is 19.1. The maximum atomic E-state index is 13.2. The Balaban J connectivity index is 2.12. The van der Waals surface area contributed by atoms with Crippen LogP contribution in [0.2, 0.25) is 0 Å². The van der Waals surface area contributed by atoms with Gasteiger partial charge in [0.25, 0.3) is 0 Å². The summed E-state index contributed by atoms with van der Waals surface area (Å²) in [6.45, 7) is 7.40. The zero-order chi connectivity index (χ0) is 14.0. The molecule has 4 heteroatoms. The molecule has 0 N–H and O–H groups in total. The van der Waals surface area contributed by atoms with Crippen molar-refractivity contribution in [2.45, 2.75) is 33.1 Å². The fraction of sp³-hybridized carbons (Fsp3) is 0.467. The monoisotopic (exact) mass is 262 g/mol. The van der Waals surface area contributed by atoms with Gasteiger partial charge in [0.05, 0.1) is 12.1 Å². The SMILES string of the molecule is CC1=C(C)CN(C(=O)C(C)c2cncc(F)c2)CC1. The first-order valence-corrected chi connectivity index (χ1v) is 6.53. The van der Waals surface area contributed by atoms with Gasteiger partial charge in [-0.15, -0.1) is 0 Å². The van der Waals surface area contributed by atoms with Gasteiger partial charge in [0.2, 0.25) is 5.91 Å². The standard InChI is InChI=1S/C15H19FN2O/c1-10-4-5-18(9-11(10)2)15(19)12(3)13-6-14(16)8-17-7-13/h6-8,12H,4-5,9H2,1-3H3. The largest absolute Gasteiger partial charge is 0.338 e. The van der Waals surface area contributed by atoms with Crippen LogP contribution in [0, 0.1) is 5.82 Å². The van der Waals surface area contributed by atoms with E-state index in [0.29, 0.717) is 12.1 Å². The Morgan fingerprint density at radius 3 is 2.74 bits per heavy atom. The number of pyridine rings is 1. The minimum atomic E-state index is -0.400. The van der Waals surface area contributed by atoms with Crippen LogP contribution in [0.5, 0.6) is 0 Å². The number of hydrogen-bond acceptors (Lipinski definition) is 2. The molecule has 1 aliphatic rings. The highest BCUT2D eigenvalue weighted by molar-refractivity contribution is 5.83. The van der Waals surface area contributed by atoms with Crippen molar-refractivity contribution < 1.29 is 9.18 Å². The normalized spacial score (nSPS) is 17.6. The van der Waals surface area contributed by atoms with E-state index >= 15 is 0 Å². The van der Waals surface area contributed by atoms with Crippen LogP contribution in [0.25, 0.3) is 0 Å². The van der Waals surface area contributed by atoms with Crippen LogP contribution in [0.3, 0.4) is 0 Å². The number of carbonyl (C=O) groups is 1. The molecule has 19 heavy (non-hydrogen) atoms. The lowest BCUT2D eigenvalue weighted by Crippen LogP contribution is -2.38. The highest BCUT2D eigenvalue weighted by Gasteiger charge is 2.25. The van der Waals surface area contributed by atoms with Gasteiger partial charge >= 0.3 is 0 Å². The van der Waals surface area contributed by atoms with Crippen molar-refractivity contribution in [2.75, 3.05) is 13.1 Å². The number of rotatable bonds is 2. The molecule has 1 unspecified atom stereocenters. The van der Waals surface area contributed by atoms with E-state index in [1.807, 2.05) is 4.90 Å². The summed E-state index contributed by atoms with van der Waals surface area (Å²) in [6, 6.07) is 1.38. The van der Waals surface area contributed by atoms with E-state index in [0.717, 1.165) is 19.2 Å². The van der Waals surface area contributed by atoms with Crippen LogP contribution in [0.1, 0.15) is 38.7 Å². The van der Waals surface area contributed by atoms with Gasteiger partial charge in [-0.05, 0) is 38.8 Å². The lowest BCUT2D eigenvalue weighted by atomic mass is 9.98. The van der Waals surface area contributed by atoms with E-state index in [4.69, 9.17) is 0 Å². The number of amides is 1. The molecule has 0 saturated carbocycles. The summed E-state index contributed by atoms with van der Waals surface area (Å²) >= 11 is 0. The quantitative estimate of drug-likeness (QED) is 0.768. The van der Waals surface area contributed by atoms with E-state index in [1.54, 1.807) is 13.1 Å². The minimum absolute atomic E-state index is 0.0410. The zero-order valence-electron chi connectivity index (χ0n) is 11.6. The van der Waals surface area contributed by atoms with E-state index in [-0.39, 0.29) is 11.8 Å². The predicted octanol–water partition coefficient (Wildman–Crippen LogP) is 2.89. The van der Waals surface area contributed by atoms with E-state index in [2.05, 4.69) is 18.8 Å². The first kappa shape index (κ1) is 13.7. The molecule has 0 aliphatic carbocycles. The van der Waals surface area contributed by atoms with Crippen molar-refractivity contribution in [1.29, 1.82) is 0 Å². The molecular weight excluding hydrogens is 243 g/mol. The Morgan fingerprint density at radius 2 is 2.11 bits per heavy atom. The number of halogens is 1. The molecule has 1 atom stereocenters. The van der Waals surface area contributed by atoms with Crippen LogP contribution in [0.4, 0.5) is 4.39 Å². The molecule has 1 aromatic heterocycles. The molecule has 2 heterocycles. The smallest absolute Gasteiger partial charge is 0.230 e. The van der Waals surface area contributed by atoms with Crippen molar-refractivity contribution in [3.8, 4) is 0 Å². The third-order valence-electron chi connectivity index (χ3n) is 3.82. The second kappa shape index (κ2) is 5.51. The van der Waals surface area contributed by atoms with E-state index in [1.165, 1.54) is 17.2 Å². The van der Waals surface area contributed by atoms with Crippen molar-refractivity contribution >= 4 is 5.91 Å².